The monoisotopic (exact) mass is 352 g/mol. The Morgan fingerprint density at radius 3 is 2.62 bits per heavy atom. The molecule has 0 saturated carbocycles. The number of amides is 1. The fraction of sp³-hybridized carbons (Fsp3) is 0.300. The number of amidine groups is 1. The number of hydrogen-bond donors (Lipinski definition) is 1. The molecule has 6 nitrogen and oxygen atoms in total. The quantitative estimate of drug-likeness (QED) is 0.919. The summed E-state index contributed by atoms with van der Waals surface area (Å²) in [5.41, 5.74) is 1.87. The number of methoxy groups -OCH3 is 1. The first-order valence-corrected chi connectivity index (χ1v) is 8.58. The maximum absolute atomic E-state index is 12.8. The molecule has 0 atom stereocenters. The third-order valence-electron chi connectivity index (χ3n) is 4.40. The molecule has 1 amide bonds. The summed E-state index contributed by atoms with van der Waals surface area (Å²) < 4.78 is 5.29. The van der Waals surface area contributed by atoms with Crippen LogP contribution in [-0.2, 0) is 0 Å². The van der Waals surface area contributed by atoms with Crippen molar-refractivity contribution >= 4 is 23.1 Å². The van der Waals surface area contributed by atoms with E-state index in [2.05, 4.69) is 22.2 Å². The summed E-state index contributed by atoms with van der Waals surface area (Å²) in [6, 6.07) is 14.8. The smallest absolute Gasteiger partial charge is 0.257 e. The predicted octanol–water partition coefficient (Wildman–Crippen LogP) is 2.85. The summed E-state index contributed by atoms with van der Waals surface area (Å²) in [5, 5.41) is 2.92. The molecule has 2 aromatic carbocycles. The zero-order valence-electron chi connectivity index (χ0n) is 15.4. The Morgan fingerprint density at radius 1 is 1.12 bits per heavy atom. The molecule has 0 aliphatic carbocycles. The molecule has 0 aromatic heterocycles. The Balaban J connectivity index is 1.94. The summed E-state index contributed by atoms with van der Waals surface area (Å²) in [6.45, 7) is 2.67. The molecule has 0 unspecified atom stereocenters. The summed E-state index contributed by atoms with van der Waals surface area (Å²) in [5.74, 6) is 1.36. The summed E-state index contributed by atoms with van der Waals surface area (Å²) in [4.78, 5) is 21.9. The lowest BCUT2D eigenvalue weighted by atomic mass is 10.1. The standard InChI is InChI=1S/C20H24N4O2/c1-23-11-12-24(2)19(14-23)22-18-10-9-16(26-3)13-17(18)20(25)21-15-7-5-4-6-8-15/h4-10,13H,11-12,14H2,1-3H3,(H,21,25). The van der Waals surface area contributed by atoms with Gasteiger partial charge in [0.25, 0.3) is 5.91 Å². The number of nitrogens with zero attached hydrogens (tertiary/aromatic N) is 3. The van der Waals surface area contributed by atoms with E-state index in [1.807, 2.05) is 49.5 Å². The van der Waals surface area contributed by atoms with Gasteiger partial charge in [0.15, 0.2) is 0 Å². The maximum Gasteiger partial charge on any atom is 0.257 e. The zero-order chi connectivity index (χ0) is 18.5. The van der Waals surface area contributed by atoms with Crippen LogP contribution in [0.5, 0.6) is 5.75 Å². The number of anilines is 1. The third-order valence-corrected chi connectivity index (χ3v) is 4.40. The van der Waals surface area contributed by atoms with Gasteiger partial charge in [0.1, 0.15) is 11.6 Å². The Bertz CT molecular complexity index is 805. The van der Waals surface area contributed by atoms with Crippen molar-refractivity contribution in [3.05, 3.63) is 54.1 Å². The van der Waals surface area contributed by atoms with E-state index in [9.17, 15) is 4.79 Å². The van der Waals surface area contributed by atoms with Gasteiger partial charge in [-0.25, -0.2) is 4.99 Å². The van der Waals surface area contributed by atoms with Crippen LogP contribution in [0.4, 0.5) is 11.4 Å². The largest absolute Gasteiger partial charge is 0.497 e. The van der Waals surface area contributed by atoms with Crippen LogP contribution in [0.3, 0.4) is 0 Å². The van der Waals surface area contributed by atoms with Crippen LogP contribution in [-0.4, -0.2) is 62.4 Å². The van der Waals surface area contributed by atoms with Crippen LogP contribution in [0, 0.1) is 0 Å². The van der Waals surface area contributed by atoms with Gasteiger partial charge in [-0.15, -0.1) is 0 Å². The normalized spacial score (nSPS) is 16.6. The second-order valence-electron chi connectivity index (χ2n) is 6.39. The molecule has 3 rings (SSSR count). The molecular formula is C20H24N4O2. The molecule has 1 fully saturated rings. The maximum atomic E-state index is 12.8. The fourth-order valence-electron chi connectivity index (χ4n) is 2.79. The molecule has 0 spiro atoms. The van der Waals surface area contributed by atoms with E-state index >= 15 is 0 Å². The number of ether oxygens (including phenoxy) is 1. The second-order valence-corrected chi connectivity index (χ2v) is 6.39. The lowest BCUT2D eigenvalue weighted by Gasteiger charge is -2.32. The molecule has 6 heteroatoms. The average molecular weight is 352 g/mol. The van der Waals surface area contributed by atoms with E-state index in [0.717, 1.165) is 31.2 Å². The van der Waals surface area contributed by atoms with E-state index < -0.39 is 0 Å². The van der Waals surface area contributed by atoms with Crippen molar-refractivity contribution in [2.45, 2.75) is 0 Å². The van der Waals surface area contributed by atoms with E-state index in [1.54, 1.807) is 13.2 Å². The van der Waals surface area contributed by atoms with Crippen molar-refractivity contribution in [1.82, 2.24) is 9.80 Å². The zero-order valence-corrected chi connectivity index (χ0v) is 15.4. The highest BCUT2D eigenvalue weighted by Gasteiger charge is 2.19. The minimum Gasteiger partial charge on any atom is -0.497 e. The highest BCUT2D eigenvalue weighted by Crippen LogP contribution is 2.26. The number of rotatable bonds is 4. The lowest BCUT2D eigenvalue weighted by molar-refractivity contribution is 0.102. The minimum absolute atomic E-state index is 0.207. The molecule has 0 radical (unpaired) electrons. The number of likely N-dealkylation sites (N-methyl/N-ethyl adjacent to an activating group) is 2. The van der Waals surface area contributed by atoms with Gasteiger partial charge >= 0.3 is 0 Å². The van der Waals surface area contributed by atoms with Crippen LogP contribution in [0.25, 0.3) is 0 Å². The number of benzene rings is 2. The molecule has 26 heavy (non-hydrogen) atoms. The molecule has 1 aliphatic rings. The highest BCUT2D eigenvalue weighted by atomic mass is 16.5. The molecule has 0 bridgehead atoms. The molecular weight excluding hydrogens is 328 g/mol. The molecule has 2 aromatic rings. The Kier molecular flexibility index (Phi) is 5.53. The fourth-order valence-corrected chi connectivity index (χ4v) is 2.79. The number of carbonyl (C=O) groups excluding carboxylic acids is 1. The molecule has 1 N–H and O–H groups in total. The van der Waals surface area contributed by atoms with Crippen molar-refractivity contribution in [3.8, 4) is 5.75 Å². The first-order valence-electron chi connectivity index (χ1n) is 8.58. The summed E-state index contributed by atoms with van der Waals surface area (Å²) in [7, 11) is 5.68. The lowest BCUT2D eigenvalue weighted by Crippen LogP contribution is -2.46. The first-order chi connectivity index (χ1) is 12.6. The van der Waals surface area contributed by atoms with Crippen LogP contribution in [0.1, 0.15) is 10.4 Å². The van der Waals surface area contributed by atoms with Crippen LogP contribution in [0.2, 0.25) is 0 Å². The predicted molar refractivity (Wildman–Crippen MR) is 105 cm³/mol. The molecule has 1 aliphatic heterocycles. The average Bonchev–Trinajstić information content (AvgIpc) is 2.65. The summed E-state index contributed by atoms with van der Waals surface area (Å²) >= 11 is 0. The SMILES string of the molecule is COc1ccc(N=C2CN(C)CCN2C)c(C(=O)Nc2ccccc2)c1. The number of para-hydroxylation sites is 1. The molecule has 136 valence electrons. The highest BCUT2D eigenvalue weighted by molar-refractivity contribution is 6.08. The second kappa shape index (κ2) is 8.01. The van der Waals surface area contributed by atoms with Gasteiger partial charge in [-0.2, -0.15) is 0 Å². The number of aliphatic imine (C=N–C) groups is 1. The summed E-state index contributed by atoms with van der Waals surface area (Å²) in [6.07, 6.45) is 0. The topological polar surface area (TPSA) is 57.2 Å². The van der Waals surface area contributed by atoms with E-state index in [1.165, 1.54) is 0 Å². The third kappa shape index (κ3) is 4.21. The van der Waals surface area contributed by atoms with Gasteiger partial charge in [-0.1, -0.05) is 18.2 Å². The number of hydrogen-bond acceptors (Lipinski definition) is 4. The molecule has 1 heterocycles. The van der Waals surface area contributed by atoms with E-state index in [4.69, 9.17) is 9.73 Å². The van der Waals surface area contributed by atoms with Gasteiger partial charge < -0.3 is 15.0 Å². The minimum atomic E-state index is -0.207. The van der Waals surface area contributed by atoms with Crippen molar-refractivity contribution < 1.29 is 9.53 Å². The van der Waals surface area contributed by atoms with Gasteiger partial charge in [0, 0.05) is 25.8 Å². The molecule has 1 saturated heterocycles. The first kappa shape index (κ1) is 17.9. The van der Waals surface area contributed by atoms with Crippen molar-refractivity contribution in [3.63, 3.8) is 0 Å². The number of carbonyl (C=O) groups is 1. The van der Waals surface area contributed by atoms with E-state index in [-0.39, 0.29) is 5.91 Å². The Morgan fingerprint density at radius 2 is 1.88 bits per heavy atom. The van der Waals surface area contributed by atoms with Crippen molar-refractivity contribution in [1.29, 1.82) is 0 Å². The van der Waals surface area contributed by atoms with Crippen LogP contribution < -0.4 is 10.1 Å². The van der Waals surface area contributed by atoms with Crippen molar-refractivity contribution in [2.24, 2.45) is 4.99 Å². The van der Waals surface area contributed by atoms with Crippen molar-refractivity contribution in [2.75, 3.05) is 46.2 Å². The van der Waals surface area contributed by atoms with Crippen LogP contribution in [0.15, 0.2) is 53.5 Å². The number of nitrogens with one attached hydrogen (secondary N) is 1. The Labute approximate surface area is 154 Å². The number of piperazine rings is 1. The Hall–Kier alpha value is -2.86. The van der Waals surface area contributed by atoms with E-state index in [0.29, 0.717) is 17.0 Å². The van der Waals surface area contributed by atoms with Gasteiger partial charge in [-0.3, -0.25) is 9.69 Å². The van der Waals surface area contributed by atoms with Gasteiger partial charge in [0.05, 0.1) is 24.9 Å². The van der Waals surface area contributed by atoms with Gasteiger partial charge in [0.2, 0.25) is 0 Å². The van der Waals surface area contributed by atoms with Gasteiger partial charge in [-0.05, 0) is 37.4 Å². The van der Waals surface area contributed by atoms with Crippen LogP contribution >= 0.6 is 0 Å².